The Morgan fingerprint density at radius 1 is 0.500 bits per heavy atom. The van der Waals surface area contributed by atoms with Gasteiger partial charge in [0.15, 0.2) is 0 Å². The molecule has 5 heterocycles. The smallest absolute Gasteiger partial charge is 0.303 e. The topological polar surface area (TPSA) is 178 Å². The lowest BCUT2D eigenvalue weighted by Gasteiger charge is -2.02. The summed E-state index contributed by atoms with van der Waals surface area (Å²) < 4.78 is 0. The van der Waals surface area contributed by atoms with E-state index in [1.165, 1.54) is 0 Å². The summed E-state index contributed by atoms with van der Waals surface area (Å²) in [5.41, 5.74) is 10.9. The predicted molar refractivity (Wildman–Crippen MR) is 168 cm³/mol. The summed E-state index contributed by atoms with van der Waals surface area (Å²) in [6.45, 7) is 7.96. The fraction of sp³-hybridized carbons (Fsp3) is 0.353. The molecule has 0 unspecified atom stereocenters. The van der Waals surface area contributed by atoms with Crippen molar-refractivity contribution in [3.63, 3.8) is 0 Å². The maximum Gasteiger partial charge on any atom is 0.303 e. The number of carboxylic acids is 2. The number of aliphatic carboxylic acids is 2. The third kappa shape index (κ3) is 5.95. The molecule has 0 spiro atoms. The molecule has 0 aromatic carbocycles. The van der Waals surface area contributed by atoms with E-state index in [-0.39, 0.29) is 26.1 Å². The van der Waals surface area contributed by atoms with Gasteiger partial charge in [-0.15, -0.1) is 0 Å². The first kappa shape index (κ1) is 30.9. The fourth-order valence-electron chi connectivity index (χ4n) is 6.34. The Morgan fingerprint density at radius 2 is 0.864 bits per heavy atom. The molecule has 8 N–H and O–H groups in total. The number of aliphatic hydroxyl groups is 2. The molecule has 4 aromatic rings. The van der Waals surface area contributed by atoms with Crippen molar-refractivity contribution in [2.75, 3.05) is 13.2 Å². The van der Waals surface area contributed by atoms with Crippen LogP contribution in [0.5, 0.6) is 0 Å². The van der Waals surface area contributed by atoms with E-state index in [0.29, 0.717) is 25.7 Å². The zero-order chi connectivity index (χ0) is 31.7. The average Bonchev–Trinajstić information content (AvgIpc) is 3.62. The minimum Gasteiger partial charge on any atom is -0.481 e. The Hall–Kier alpha value is -4.54. The number of hydrogen-bond donors (Lipinski definition) is 8. The molecule has 8 bridgehead atoms. The van der Waals surface area contributed by atoms with Gasteiger partial charge in [-0.1, -0.05) is 0 Å². The first-order valence-corrected chi connectivity index (χ1v) is 14.9. The van der Waals surface area contributed by atoms with Crippen LogP contribution < -0.4 is 21.4 Å². The second kappa shape index (κ2) is 12.6. The van der Waals surface area contributed by atoms with Crippen molar-refractivity contribution < 1.29 is 30.0 Å². The molecule has 0 amide bonds. The van der Waals surface area contributed by atoms with E-state index >= 15 is 0 Å². The van der Waals surface area contributed by atoms with Gasteiger partial charge < -0.3 is 40.4 Å². The first-order chi connectivity index (χ1) is 21.0. The highest BCUT2D eigenvalue weighted by atomic mass is 16.4. The number of hydrogen-bond acceptors (Lipinski definition) is 4. The Morgan fingerprint density at radius 3 is 1.34 bits per heavy atom. The van der Waals surface area contributed by atoms with E-state index in [0.717, 1.165) is 88.7 Å². The summed E-state index contributed by atoms with van der Waals surface area (Å²) in [4.78, 5) is 37.3. The van der Waals surface area contributed by atoms with E-state index in [1.54, 1.807) is 0 Å². The SMILES string of the molecule is Cc1c2[nH]c(c1CCO)C=c1[nH]c(c(CCO)c1C)=Cc1[nH]c(c(CCC(=O)O)c1C)C=c1[nH]c(c(C)c1CCC(=O)O)=C2. The standard InChI is InChI=1S/C34H40N4O6/c1-17-21(5-7-33(41)42)31-16-32-22(6-8-34(43)44)18(2)27(38-32)14-30-24(10-12-40)20(4)28(37-30)15-29-23(9-11-39)19(3)26(35-29)13-25(17)36-31/h13-16,35-40H,5-12H2,1-4H3,(H,41,42)(H,43,44). The molecule has 44 heavy (non-hydrogen) atoms. The van der Waals surface area contributed by atoms with Crippen LogP contribution in [0, 0.1) is 27.7 Å². The van der Waals surface area contributed by atoms with E-state index in [2.05, 4.69) is 19.9 Å². The molecule has 0 saturated heterocycles. The number of aliphatic hydroxyl groups excluding tert-OH is 2. The highest BCUT2D eigenvalue weighted by Crippen LogP contribution is 2.23. The monoisotopic (exact) mass is 600 g/mol. The van der Waals surface area contributed by atoms with Crippen LogP contribution >= 0.6 is 0 Å². The van der Waals surface area contributed by atoms with Crippen molar-refractivity contribution >= 4 is 36.2 Å². The number of aromatic amines is 4. The number of carboxylic acid groups (broad SMARTS) is 2. The van der Waals surface area contributed by atoms with Gasteiger partial charge in [0.2, 0.25) is 0 Å². The van der Waals surface area contributed by atoms with Crippen molar-refractivity contribution in [2.24, 2.45) is 0 Å². The molecule has 10 nitrogen and oxygen atoms in total. The van der Waals surface area contributed by atoms with Crippen LogP contribution in [0.1, 0.15) is 80.1 Å². The number of aromatic nitrogens is 4. The number of carbonyl (C=O) groups is 2. The minimum atomic E-state index is -0.887. The van der Waals surface area contributed by atoms with E-state index in [9.17, 15) is 30.0 Å². The second-order valence-electron chi connectivity index (χ2n) is 11.5. The van der Waals surface area contributed by atoms with Crippen LogP contribution in [0.15, 0.2) is 0 Å². The van der Waals surface area contributed by atoms with Gasteiger partial charge in [0.05, 0.1) is 0 Å². The zero-order valence-corrected chi connectivity index (χ0v) is 25.6. The number of fused-ring (bicyclic) bond motifs is 8. The zero-order valence-electron chi connectivity index (χ0n) is 25.6. The minimum absolute atomic E-state index is 0.00410. The van der Waals surface area contributed by atoms with Crippen LogP contribution in [0.3, 0.4) is 0 Å². The van der Waals surface area contributed by atoms with E-state index in [1.807, 2.05) is 52.0 Å². The molecule has 232 valence electrons. The normalized spacial score (nSPS) is 12.3. The first-order valence-electron chi connectivity index (χ1n) is 14.9. The maximum absolute atomic E-state index is 11.6. The number of rotatable bonds is 10. The molecular weight excluding hydrogens is 560 g/mol. The third-order valence-corrected chi connectivity index (χ3v) is 8.86. The molecule has 1 aliphatic rings. The van der Waals surface area contributed by atoms with Gasteiger partial charge in [-0.3, -0.25) is 9.59 Å². The quantitative estimate of drug-likeness (QED) is 0.118. The second-order valence-corrected chi connectivity index (χ2v) is 11.5. The lowest BCUT2D eigenvalue weighted by atomic mass is 10.0. The van der Waals surface area contributed by atoms with Gasteiger partial charge in [-0.05, 0) is 122 Å². The summed E-state index contributed by atoms with van der Waals surface area (Å²) in [7, 11) is 0. The summed E-state index contributed by atoms with van der Waals surface area (Å²) in [6.07, 6.45) is 9.53. The largest absolute Gasteiger partial charge is 0.481 e. The van der Waals surface area contributed by atoms with Crippen LogP contribution in [0.4, 0.5) is 0 Å². The number of nitrogens with one attached hydrogen (secondary N) is 4. The maximum atomic E-state index is 11.6. The molecule has 0 saturated carbocycles. The van der Waals surface area contributed by atoms with Crippen LogP contribution in [-0.2, 0) is 35.3 Å². The fourth-order valence-corrected chi connectivity index (χ4v) is 6.34. The third-order valence-electron chi connectivity index (χ3n) is 8.86. The lowest BCUT2D eigenvalue weighted by molar-refractivity contribution is -0.138. The van der Waals surface area contributed by atoms with Crippen molar-refractivity contribution in [1.29, 1.82) is 0 Å². The lowest BCUT2D eigenvalue weighted by Crippen LogP contribution is -2.14. The highest BCUT2D eigenvalue weighted by Gasteiger charge is 2.18. The predicted octanol–water partition coefficient (Wildman–Crippen LogP) is 0.965. The molecule has 0 aliphatic carbocycles. The Kier molecular flexibility index (Phi) is 8.85. The Balaban J connectivity index is 1.91. The van der Waals surface area contributed by atoms with Crippen LogP contribution in [0.25, 0.3) is 24.3 Å². The summed E-state index contributed by atoms with van der Waals surface area (Å²) in [5, 5.41) is 42.1. The van der Waals surface area contributed by atoms with Gasteiger partial charge in [0, 0.05) is 70.2 Å². The van der Waals surface area contributed by atoms with Crippen molar-refractivity contribution in [3.8, 4) is 0 Å². The molecule has 0 atom stereocenters. The highest BCUT2D eigenvalue weighted by molar-refractivity contribution is 5.70. The summed E-state index contributed by atoms with van der Waals surface area (Å²) in [6, 6.07) is 0. The molecule has 1 aliphatic heterocycles. The molecule has 10 heteroatoms. The van der Waals surface area contributed by atoms with E-state index < -0.39 is 11.9 Å². The van der Waals surface area contributed by atoms with Crippen LogP contribution in [0.2, 0.25) is 0 Å². The number of H-pyrrole nitrogens is 4. The van der Waals surface area contributed by atoms with Gasteiger partial charge in [0.1, 0.15) is 0 Å². The van der Waals surface area contributed by atoms with Crippen molar-refractivity contribution in [3.05, 3.63) is 88.7 Å². The summed E-state index contributed by atoms with van der Waals surface area (Å²) >= 11 is 0. The van der Waals surface area contributed by atoms with Crippen molar-refractivity contribution in [2.45, 2.75) is 66.2 Å². The molecule has 0 fully saturated rings. The van der Waals surface area contributed by atoms with Gasteiger partial charge in [-0.2, -0.15) is 0 Å². The van der Waals surface area contributed by atoms with Gasteiger partial charge in [-0.25, -0.2) is 0 Å². The average molecular weight is 601 g/mol. The molecule has 5 rings (SSSR count). The summed E-state index contributed by atoms with van der Waals surface area (Å²) in [5.74, 6) is -1.77. The van der Waals surface area contributed by atoms with Crippen LogP contribution in [-0.4, -0.2) is 65.5 Å². The van der Waals surface area contributed by atoms with Gasteiger partial charge in [0.25, 0.3) is 0 Å². The van der Waals surface area contributed by atoms with E-state index in [4.69, 9.17) is 0 Å². The van der Waals surface area contributed by atoms with Crippen molar-refractivity contribution in [1.82, 2.24) is 19.9 Å². The molecule has 0 radical (unpaired) electrons. The molecule has 4 aromatic heterocycles. The van der Waals surface area contributed by atoms with Gasteiger partial charge >= 0.3 is 11.9 Å². The molecular formula is C34H40N4O6. The Labute approximate surface area is 254 Å². The Bertz CT molecular complexity index is 2000.